The zero-order valence-electron chi connectivity index (χ0n) is 12.7. The molecule has 0 unspecified atom stereocenters. The fourth-order valence-electron chi connectivity index (χ4n) is 0. The quantitative estimate of drug-likeness (QED) is 0.386. The van der Waals surface area contributed by atoms with Crippen LogP contribution in [0.5, 0.6) is 0 Å². The van der Waals surface area contributed by atoms with Crippen LogP contribution in [0.4, 0.5) is 0 Å². The van der Waals surface area contributed by atoms with Crippen molar-refractivity contribution in [1.29, 1.82) is 0 Å². The maximum absolute atomic E-state index is 8.06. The molecule has 0 spiro atoms. The molecule has 4 N–H and O–H groups in total. The Morgan fingerprint density at radius 3 is 0.444 bits per heavy atom. The van der Waals surface area contributed by atoms with Gasteiger partial charge in [0.25, 0.3) is 0 Å². The summed E-state index contributed by atoms with van der Waals surface area (Å²) in [5.74, 6) is 0. The number of rotatable bonds is 0. The van der Waals surface area contributed by atoms with Crippen LogP contribution in [0, 0.1) is 0 Å². The van der Waals surface area contributed by atoms with Crippen molar-refractivity contribution in [2.24, 2.45) is 0 Å². The molecule has 0 rings (SSSR count). The summed E-state index contributed by atoms with van der Waals surface area (Å²) in [5, 5.41) is 32.2. The molecule has 124 valence electrons. The molecular formula is C12H32NiO4Pt. The van der Waals surface area contributed by atoms with Crippen LogP contribution in [0.15, 0.2) is 0 Å². The second-order valence-electron chi connectivity index (χ2n) is 4.37. The van der Waals surface area contributed by atoms with E-state index in [1.165, 1.54) is 0 Å². The summed E-state index contributed by atoms with van der Waals surface area (Å²) in [4.78, 5) is 0. The van der Waals surface area contributed by atoms with Gasteiger partial charge in [-0.05, 0) is 55.4 Å². The summed E-state index contributed by atoms with van der Waals surface area (Å²) in [6.07, 6.45) is -0.667. The van der Waals surface area contributed by atoms with Gasteiger partial charge in [-0.2, -0.15) is 0 Å². The Balaban J connectivity index is -0.0000000257. The van der Waals surface area contributed by atoms with E-state index in [1.54, 1.807) is 55.4 Å². The minimum absolute atomic E-state index is 0. The van der Waals surface area contributed by atoms with Crippen molar-refractivity contribution in [2.45, 2.75) is 79.8 Å². The molecule has 6 heteroatoms. The van der Waals surface area contributed by atoms with Crippen molar-refractivity contribution in [2.75, 3.05) is 0 Å². The van der Waals surface area contributed by atoms with E-state index in [1.807, 2.05) is 0 Å². The third-order valence-corrected chi connectivity index (χ3v) is 0. The second kappa shape index (κ2) is 30.8. The molecule has 0 aromatic rings. The third-order valence-electron chi connectivity index (χ3n) is 0. The Morgan fingerprint density at radius 1 is 0.444 bits per heavy atom. The summed E-state index contributed by atoms with van der Waals surface area (Å²) in [6.45, 7) is 13.8. The zero-order valence-corrected chi connectivity index (χ0v) is 16.0. The van der Waals surface area contributed by atoms with E-state index in [4.69, 9.17) is 20.4 Å². The molecule has 0 aromatic carbocycles. The minimum Gasteiger partial charge on any atom is -0.394 e. The average Bonchev–Trinajstić information content (AvgIpc) is 1.76. The molecule has 0 aromatic heterocycles. The molecule has 18 heavy (non-hydrogen) atoms. The summed E-state index contributed by atoms with van der Waals surface area (Å²) < 4.78 is 0. The number of aliphatic hydroxyl groups excluding tert-OH is 4. The van der Waals surface area contributed by atoms with Crippen molar-refractivity contribution in [3.63, 3.8) is 0 Å². The fourth-order valence-corrected chi connectivity index (χ4v) is 0. The first-order valence-electron chi connectivity index (χ1n) is 5.65. The first-order valence-corrected chi connectivity index (χ1v) is 5.65. The number of aliphatic hydroxyl groups is 4. The maximum Gasteiger partial charge on any atom is 0.0483 e. The maximum atomic E-state index is 8.06. The predicted molar refractivity (Wildman–Crippen MR) is 69.4 cm³/mol. The molecule has 0 aliphatic rings. The van der Waals surface area contributed by atoms with Gasteiger partial charge in [0.05, 0.1) is 0 Å². The van der Waals surface area contributed by atoms with Gasteiger partial charge in [0.15, 0.2) is 0 Å². The SMILES string of the molecule is CC(C)O.CC(C)O.CC(C)O.CC(C)O.[Ni].[Pt]. The molecule has 0 aliphatic carbocycles. The number of hydrogen-bond acceptors (Lipinski definition) is 4. The van der Waals surface area contributed by atoms with Crippen LogP contribution >= 0.6 is 0 Å². The molecule has 0 amide bonds. The van der Waals surface area contributed by atoms with Crippen LogP contribution in [-0.2, 0) is 37.6 Å². The van der Waals surface area contributed by atoms with Gasteiger partial charge in [0.1, 0.15) is 0 Å². The van der Waals surface area contributed by atoms with Crippen LogP contribution in [0.3, 0.4) is 0 Å². The van der Waals surface area contributed by atoms with Gasteiger partial charge in [-0.25, -0.2) is 0 Å². The normalized spacial score (nSPS) is 8.00. The standard InChI is InChI=1S/4C3H8O.Ni.Pt/c4*1-3(2)4;;/h4*3-4H,1-2H3;;. The smallest absolute Gasteiger partial charge is 0.0483 e. The van der Waals surface area contributed by atoms with E-state index < -0.39 is 0 Å². The summed E-state index contributed by atoms with van der Waals surface area (Å²) >= 11 is 0. The average molecular weight is 494 g/mol. The molecule has 0 fully saturated rings. The fraction of sp³-hybridized carbons (Fsp3) is 1.00. The summed E-state index contributed by atoms with van der Waals surface area (Å²) in [7, 11) is 0. The molecule has 0 bridgehead atoms. The van der Waals surface area contributed by atoms with Gasteiger partial charge in [-0.1, -0.05) is 0 Å². The zero-order chi connectivity index (χ0) is 14.3. The predicted octanol–water partition coefficient (Wildman–Crippen LogP) is 1.54. The van der Waals surface area contributed by atoms with E-state index in [0.717, 1.165) is 0 Å². The van der Waals surface area contributed by atoms with Gasteiger partial charge in [0.2, 0.25) is 0 Å². The Kier molecular flexibility index (Phi) is 62.3. The monoisotopic (exact) mass is 493 g/mol. The van der Waals surface area contributed by atoms with E-state index >= 15 is 0 Å². The van der Waals surface area contributed by atoms with Crippen molar-refractivity contribution >= 4 is 0 Å². The van der Waals surface area contributed by atoms with Crippen LogP contribution in [0.1, 0.15) is 55.4 Å². The van der Waals surface area contributed by atoms with E-state index in [9.17, 15) is 0 Å². The van der Waals surface area contributed by atoms with Crippen LogP contribution in [-0.4, -0.2) is 44.8 Å². The van der Waals surface area contributed by atoms with E-state index in [2.05, 4.69) is 0 Å². The van der Waals surface area contributed by atoms with E-state index in [-0.39, 0.29) is 62.0 Å². The van der Waals surface area contributed by atoms with Crippen molar-refractivity contribution in [1.82, 2.24) is 0 Å². The first kappa shape index (κ1) is 36.4. The Bertz CT molecular complexity index is 67.1. The molecule has 0 atom stereocenters. The molecule has 0 aliphatic heterocycles. The van der Waals surface area contributed by atoms with Gasteiger partial charge in [-0.3, -0.25) is 0 Å². The van der Waals surface area contributed by atoms with Crippen LogP contribution in [0.25, 0.3) is 0 Å². The molecule has 0 radical (unpaired) electrons. The Hall–Kier alpha value is 1.02. The van der Waals surface area contributed by atoms with Crippen molar-refractivity contribution < 1.29 is 58.0 Å². The molecule has 0 saturated heterocycles. The molecule has 0 heterocycles. The number of hydrogen-bond donors (Lipinski definition) is 4. The van der Waals surface area contributed by atoms with Gasteiger partial charge >= 0.3 is 0 Å². The molecular weight excluding hydrogens is 462 g/mol. The van der Waals surface area contributed by atoms with Crippen LogP contribution in [0.2, 0.25) is 0 Å². The van der Waals surface area contributed by atoms with Gasteiger partial charge < -0.3 is 20.4 Å². The second-order valence-corrected chi connectivity index (χ2v) is 4.37. The van der Waals surface area contributed by atoms with Gasteiger partial charge in [0, 0.05) is 62.0 Å². The largest absolute Gasteiger partial charge is 0.394 e. The first-order chi connectivity index (χ1) is 6.93. The Morgan fingerprint density at radius 2 is 0.444 bits per heavy atom. The van der Waals surface area contributed by atoms with Gasteiger partial charge in [-0.15, -0.1) is 0 Å². The molecule has 0 saturated carbocycles. The minimum atomic E-state index is -0.167. The third kappa shape index (κ3) is 4180. The summed E-state index contributed by atoms with van der Waals surface area (Å²) in [6, 6.07) is 0. The molecule has 4 nitrogen and oxygen atoms in total. The topological polar surface area (TPSA) is 80.9 Å². The van der Waals surface area contributed by atoms with Crippen LogP contribution < -0.4 is 0 Å². The van der Waals surface area contributed by atoms with E-state index in [0.29, 0.717) is 0 Å². The van der Waals surface area contributed by atoms with Crippen molar-refractivity contribution in [3.05, 3.63) is 0 Å². The Labute approximate surface area is 137 Å². The van der Waals surface area contributed by atoms with Crippen molar-refractivity contribution in [3.8, 4) is 0 Å². The summed E-state index contributed by atoms with van der Waals surface area (Å²) in [5.41, 5.74) is 0.